The van der Waals surface area contributed by atoms with Gasteiger partial charge < -0.3 is 24.8 Å². The first-order valence-electron chi connectivity index (χ1n) is 10.4. The number of likely N-dealkylation sites (tertiary alicyclic amines) is 1. The molecule has 2 N–H and O–H groups in total. The van der Waals surface area contributed by atoms with Crippen molar-refractivity contribution in [2.45, 2.75) is 45.4 Å². The lowest BCUT2D eigenvalue weighted by atomic mass is 9.85. The topological polar surface area (TPSA) is 119 Å². The Morgan fingerprint density at radius 3 is 2.50 bits per heavy atom. The minimum atomic E-state index is -0.750. The number of benzene rings is 1. The second kappa shape index (κ2) is 9.15. The number of hydrogen-bond donors (Lipinski definition) is 2. The highest BCUT2D eigenvalue weighted by Crippen LogP contribution is 2.36. The third kappa shape index (κ3) is 4.55. The van der Waals surface area contributed by atoms with Gasteiger partial charge in [0.15, 0.2) is 11.5 Å². The van der Waals surface area contributed by atoms with E-state index in [2.05, 4.69) is 15.6 Å². The molecule has 10 nitrogen and oxygen atoms in total. The molecule has 3 atom stereocenters. The second-order valence-electron chi connectivity index (χ2n) is 8.93. The fraction of sp³-hybridized carbons (Fsp3) is 0.545. The van der Waals surface area contributed by atoms with Crippen molar-refractivity contribution in [2.24, 2.45) is 5.41 Å². The number of aliphatic hydroxyl groups is 1. The number of carbonyl (C=O) groups excluding carboxylic acids is 2. The average Bonchev–Trinajstić information content (AvgIpc) is 3.38. The number of ether oxygens (including phenoxy) is 2. The molecule has 2 amide bonds. The van der Waals surface area contributed by atoms with Gasteiger partial charge in [0.1, 0.15) is 17.8 Å². The fourth-order valence-electron chi connectivity index (χ4n) is 4.04. The van der Waals surface area contributed by atoms with Crippen molar-refractivity contribution in [1.82, 2.24) is 25.2 Å². The third-order valence-electron chi connectivity index (χ3n) is 5.62. The van der Waals surface area contributed by atoms with Gasteiger partial charge in [-0.15, -0.1) is 5.10 Å². The summed E-state index contributed by atoms with van der Waals surface area (Å²) in [6, 6.07) is 3.96. The van der Waals surface area contributed by atoms with Crippen LogP contribution in [-0.4, -0.2) is 76.8 Å². The van der Waals surface area contributed by atoms with Crippen LogP contribution in [0.2, 0.25) is 0 Å². The smallest absolute Gasteiger partial charge is 0.248 e. The van der Waals surface area contributed by atoms with Crippen LogP contribution in [0.25, 0.3) is 11.3 Å². The molecule has 0 saturated carbocycles. The molecule has 174 valence electrons. The zero-order valence-electron chi connectivity index (χ0n) is 19.3. The van der Waals surface area contributed by atoms with Gasteiger partial charge >= 0.3 is 0 Å². The minimum absolute atomic E-state index is 0.0979. The molecule has 1 saturated heterocycles. The number of carbonyl (C=O) groups is 2. The summed E-state index contributed by atoms with van der Waals surface area (Å²) in [4.78, 5) is 27.4. The molecule has 0 radical (unpaired) electrons. The number of aromatic nitrogens is 3. The maximum atomic E-state index is 13.6. The van der Waals surface area contributed by atoms with Crippen LogP contribution < -0.4 is 14.8 Å². The molecule has 0 aliphatic carbocycles. The Morgan fingerprint density at radius 1 is 1.22 bits per heavy atom. The van der Waals surface area contributed by atoms with Crippen molar-refractivity contribution in [3.8, 4) is 22.8 Å². The van der Waals surface area contributed by atoms with Gasteiger partial charge in [0, 0.05) is 25.6 Å². The number of likely N-dealkylation sites (N-methyl/N-ethyl adjacent to an activating group) is 1. The Morgan fingerprint density at radius 2 is 1.91 bits per heavy atom. The van der Waals surface area contributed by atoms with Gasteiger partial charge in [-0.25, -0.2) is 4.68 Å². The zero-order valence-corrected chi connectivity index (χ0v) is 19.3. The normalized spacial score (nSPS) is 19.5. The van der Waals surface area contributed by atoms with E-state index in [9.17, 15) is 14.7 Å². The van der Waals surface area contributed by atoms with E-state index in [1.807, 2.05) is 26.8 Å². The first-order chi connectivity index (χ1) is 15.1. The maximum absolute atomic E-state index is 13.6. The summed E-state index contributed by atoms with van der Waals surface area (Å²) in [5.41, 5.74) is 0.798. The van der Waals surface area contributed by atoms with Gasteiger partial charge in [0.05, 0.1) is 26.5 Å². The maximum Gasteiger partial charge on any atom is 0.248 e. The predicted molar refractivity (Wildman–Crippen MR) is 117 cm³/mol. The lowest BCUT2D eigenvalue weighted by molar-refractivity contribution is -0.144. The Labute approximate surface area is 187 Å². The fourth-order valence-corrected chi connectivity index (χ4v) is 4.04. The van der Waals surface area contributed by atoms with Gasteiger partial charge in [0.25, 0.3) is 0 Å². The number of rotatable bonds is 6. The van der Waals surface area contributed by atoms with E-state index >= 15 is 0 Å². The van der Waals surface area contributed by atoms with Crippen molar-refractivity contribution < 1.29 is 24.2 Å². The van der Waals surface area contributed by atoms with E-state index in [0.717, 1.165) is 5.56 Å². The number of amides is 2. The van der Waals surface area contributed by atoms with Gasteiger partial charge in [0.2, 0.25) is 11.8 Å². The summed E-state index contributed by atoms with van der Waals surface area (Å²) in [6.45, 7) is 5.87. The van der Waals surface area contributed by atoms with Crippen LogP contribution in [0.15, 0.2) is 24.4 Å². The summed E-state index contributed by atoms with van der Waals surface area (Å²) in [7, 11) is 4.64. The molecule has 0 bridgehead atoms. The predicted octanol–water partition coefficient (Wildman–Crippen LogP) is 1.26. The van der Waals surface area contributed by atoms with Gasteiger partial charge in [-0.2, -0.15) is 0 Å². The number of hydrogen-bond acceptors (Lipinski definition) is 7. The van der Waals surface area contributed by atoms with Crippen molar-refractivity contribution in [2.75, 3.05) is 27.8 Å². The lowest BCUT2D eigenvalue weighted by Crippen LogP contribution is -2.49. The van der Waals surface area contributed by atoms with Crippen molar-refractivity contribution >= 4 is 11.8 Å². The average molecular weight is 446 g/mol. The van der Waals surface area contributed by atoms with Gasteiger partial charge in [-0.05, 0) is 23.6 Å². The monoisotopic (exact) mass is 445 g/mol. The molecule has 1 aromatic heterocycles. The van der Waals surface area contributed by atoms with Crippen LogP contribution in [0.4, 0.5) is 0 Å². The molecule has 2 heterocycles. The second-order valence-corrected chi connectivity index (χ2v) is 8.93. The van der Waals surface area contributed by atoms with Crippen LogP contribution in [0.5, 0.6) is 11.5 Å². The quantitative estimate of drug-likeness (QED) is 0.687. The molecule has 2 aromatic rings. The molecule has 0 spiro atoms. The zero-order chi connectivity index (χ0) is 23.6. The number of nitrogens with one attached hydrogen (secondary N) is 1. The number of nitrogens with zero attached hydrogens (tertiary/aromatic N) is 4. The summed E-state index contributed by atoms with van der Waals surface area (Å²) < 4.78 is 12.2. The van der Waals surface area contributed by atoms with Crippen molar-refractivity contribution in [1.29, 1.82) is 0 Å². The molecule has 3 rings (SSSR count). The SMILES string of the molecule is CNC(=O)[C@H]1CC(O)CN1C(=O)C(n1cc(-c2ccc(OC)c(OC)c2)nn1)C(C)(C)C. The Balaban J connectivity index is 1.96. The number of aliphatic hydroxyl groups excluding tert-OH is 1. The molecule has 1 aliphatic heterocycles. The van der Waals surface area contributed by atoms with Crippen LogP contribution in [-0.2, 0) is 9.59 Å². The molecule has 1 aromatic carbocycles. The summed E-state index contributed by atoms with van der Waals surface area (Å²) in [5, 5.41) is 21.2. The first kappa shape index (κ1) is 23.5. The highest BCUT2D eigenvalue weighted by Gasteiger charge is 2.45. The summed E-state index contributed by atoms with van der Waals surface area (Å²) >= 11 is 0. The highest BCUT2D eigenvalue weighted by atomic mass is 16.5. The van der Waals surface area contributed by atoms with E-state index in [-0.39, 0.29) is 24.8 Å². The molecule has 10 heteroatoms. The molecule has 2 unspecified atom stereocenters. The lowest BCUT2D eigenvalue weighted by Gasteiger charge is -2.34. The summed E-state index contributed by atoms with van der Waals surface area (Å²) in [5.74, 6) is 0.570. The Hall–Kier alpha value is -3.14. The third-order valence-corrected chi connectivity index (χ3v) is 5.62. The van der Waals surface area contributed by atoms with Crippen molar-refractivity contribution in [3.63, 3.8) is 0 Å². The van der Waals surface area contributed by atoms with Crippen molar-refractivity contribution in [3.05, 3.63) is 24.4 Å². The molecule has 1 aliphatic rings. The van der Waals surface area contributed by atoms with E-state index in [4.69, 9.17) is 9.47 Å². The van der Waals surface area contributed by atoms with Crippen LogP contribution >= 0.6 is 0 Å². The van der Waals surface area contributed by atoms with E-state index in [0.29, 0.717) is 17.2 Å². The molecular weight excluding hydrogens is 414 g/mol. The van der Waals surface area contributed by atoms with Crippen LogP contribution in [0.1, 0.15) is 33.2 Å². The molecule has 1 fully saturated rings. The first-order valence-corrected chi connectivity index (χ1v) is 10.4. The van der Waals surface area contributed by atoms with Gasteiger partial charge in [-0.1, -0.05) is 26.0 Å². The molecular formula is C22H31N5O5. The largest absolute Gasteiger partial charge is 0.493 e. The number of methoxy groups -OCH3 is 2. The number of β-amino-alcohol motifs (C(OH)–C–C–N with tert-alkyl or cyclic N) is 1. The van der Waals surface area contributed by atoms with E-state index in [1.165, 1.54) is 16.6 Å². The molecule has 32 heavy (non-hydrogen) atoms. The Bertz CT molecular complexity index is 983. The van der Waals surface area contributed by atoms with E-state index < -0.39 is 23.6 Å². The van der Waals surface area contributed by atoms with Crippen LogP contribution in [0.3, 0.4) is 0 Å². The standard InChI is InChI=1S/C22H31N5O5/c1-22(2,3)19(21(30)26-11-14(28)10-16(26)20(29)23-4)27-12-15(24-25-27)13-7-8-17(31-5)18(9-13)32-6/h7-9,12,14,16,19,28H,10-11H2,1-6H3,(H,23,29)/t14?,16-,19?/m1/s1. The van der Waals surface area contributed by atoms with Gasteiger partial charge in [-0.3, -0.25) is 9.59 Å². The van der Waals surface area contributed by atoms with E-state index in [1.54, 1.807) is 32.5 Å². The minimum Gasteiger partial charge on any atom is -0.493 e. The van der Waals surface area contributed by atoms with Crippen LogP contribution in [0, 0.1) is 5.41 Å². The Kier molecular flexibility index (Phi) is 6.73. The highest BCUT2D eigenvalue weighted by molar-refractivity contribution is 5.90. The summed E-state index contributed by atoms with van der Waals surface area (Å²) in [6.07, 6.45) is 1.16.